The molecule has 0 aliphatic carbocycles. The van der Waals surface area contributed by atoms with Gasteiger partial charge in [0.2, 0.25) is 0 Å². The first-order valence-electron chi connectivity index (χ1n) is 4.18. The lowest BCUT2D eigenvalue weighted by molar-refractivity contribution is -0.136. The molecule has 0 spiro atoms. The summed E-state index contributed by atoms with van der Waals surface area (Å²) in [5.41, 5.74) is 1.09. The number of aryl methyl sites for hydroxylation is 1. The topological polar surface area (TPSA) is 37.3 Å². The van der Waals surface area contributed by atoms with E-state index in [1.165, 1.54) is 0 Å². The predicted octanol–water partition coefficient (Wildman–Crippen LogP) is 3.19. The summed E-state index contributed by atoms with van der Waals surface area (Å²) in [5, 5.41) is 8.59. The highest BCUT2D eigenvalue weighted by atomic mass is 79.9. The van der Waals surface area contributed by atoms with Crippen molar-refractivity contribution in [2.45, 2.75) is 17.7 Å². The number of thioether (sulfide) groups is 1. The fraction of sp³-hybridized carbons (Fsp3) is 0.300. The second-order valence-corrected chi connectivity index (χ2v) is 4.50. The first kappa shape index (κ1) is 11.6. The molecule has 1 aromatic rings. The van der Waals surface area contributed by atoms with Gasteiger partial charge in [0.15, 0.2) is 0 Å². The third-order valence-electron chi connectivity index (χ3n) is 1.86. The molecule has 0 aliphatic heterocycles. The van der Waals surface area contributed by atoms with E-state index in [9.17, 15) is 4.79 Å². The minimum Gasteiger partial charge on any atom is -0.481 e. The van der Waals surface area contributed by atoms with Crippen molar-refractivity contribution >= 4 is 33.7 Å². The first-order valence-corrected chi connectivity index (χ1v) is 6.20. The summed E-state index contributed by atoms with van der Waals surface area (Å²) in [7, 11) is 0. The monoisotopic (exact) mass is 274 g/mol. The van der Waals surface area contributed by atoms with Crippen LogP contribution in [0.4, 0.5) is 0 Å². The molecule has 76 valence electrons. The number of carboxylic acids is 1. The van der Waals surface area contributed by atoms with Gasteiger partial charge in [0, 0.05) is 15.8 Å². The Morgan fingerprint density at radius 1 is 1.57 bits per heavy atom. The average Bonchev–Trinajstić information content (AvgIpc) is 2.14. The van der Waals surface area contributed by atoms with Crippen molar-refractivity contribution in [3.05, 3.63) is 28.2 Å². The molecule has 0 saturated carbocycles. The Morgan fingerprint density at radius 3 is 2.86 bits per heavy atom. The smallest absolute Gasteiger partial charge is 0.303 e. The molecule has 2 nitrogen and oxygen atoms in total. The molecule has 0 amide bonds. The SMILES string of the molecule is CSc1c(Br)cccc1CCC(=O)O. The van der Waals surface area contributed by atoms with Crippen LogP contribution in [0.1, 0.15) is 12.0 Å². The molecule has 0 aromatic heterocycles. The van der Waals surface area contributed by atoms with Crippen molar-refractivity contribution in [2.75, 3.05) is 6.26 Å². The van der Waals surface area contributed by atoms with Gasteiger partial charge in [-0.15, -0.1) is 11.8 Å². The van der Waals surface area contributed by atoms with Crippen LogP contribution in [0, 0.1) is 0 Å². The molecule has 0 radical (unpaired) electrons. The van der Waals surface area contributed by atoms with Crippen LogP contribution in [0.25, 0.3) is 0 Å². The van der Waals surface area contributed by atoms with E-state index in [2.05, 4.69) is 15.9 Å². The normalized spacial score (nSPS) is 10.1. The maximum Gasteiger partial charge on any atom is 0.303 e. The zero-order chi connectivity index (χ0) is 10.6. The third-order valence-corrected chi connectivity index (χ3v) is 3.67. The molecule has 14 heavy (non-hydrogen) atoms. The lowest BCUT2D eigenvalue weighted by Crippen LogP contribution is -1.98. The highest BCUT2D eigenvalue weighted by molar-refractivity contribution is 9.10. The summed E-state index contributed by atoms with van der Waals surface area (Å²) in [6.07, 6.45) is 2.76. The summed E-state index contributed by atoms with van der Waals surface area (Å²) >= 11 is 5.08. The third kappa shape index (κ3) is 3.03. The van der Waals surface area contributed by atoms with E-state index < -0.39 is 5.97 Å². The molecular formula is C10H11BrO2S. The summed E-state index contributed by atoms with van der Waals surface area (Å²) in [4.78, 5) is 11.6. The van der Waals surface area contributed by atoms with Crippen molar-refractivity contribution in [1.29, 1.82) is 0 Å². The summed E-state index contributed by atoms with van der Waals surface area (Å²) in [6.45, 7) is 0. The van der Waals surface area contributed by atoms with E-state index in [1.807, 2.05) is 24.5 Å². The van der Waals surface area contributed by atoms with E-state index in [0.29, 0.717) is 6.42 Å². The van der Waals surface area contributed by atoms with Crippen molar-refractivity contribution in [2.24, 2.45) is 0 Å². The number of hydrogen-bond donors (Lipinski definition) is 1. The van der Waals surface area contributed by atoms with E-state index >= 15 is 0 Å². The van der Waals surface area contributed by atoms with Crippen molar-refractivity contribution in [1.82, 2.24) is 0 Å². The number of benzene rings is 1. The van der Waals surface area contributed by atoms with Crippen LogP contribution in [-0.4, -0.2) is 17.3 Å². The second kappa shape index (κ2) is 5.41. The number of aliphatic carboxylic acids is 1. The van der Waals surface area contributed by atoms with E-state index in [-0.39, 0.29) is 6.42 Å². The van der Waals surface area contributed by atoms with Gasteiger partial charge in [-0.2, -0.15) is 0 Å². The van der Waals surface area contributed by atoms with Gasteiger partial charge < -0.3 is 5.11 Å². The van der Waals surface area contributed by atoms with Crippen LogP contribution in [0.15, 0.2) is 27.6 Å². The van der Waals surface area contributed by atoms with Gasteiger partial charge in [-0.05, 0) is 40.2 Å². The number of hydrogen-bond acceptors (Lipinski definition) is 2. The molecule has 1 rings (SSSR count). The van der Waals surface area contributed by atoms with Crippen molar-refractivity contribution < 1.29 is 9.90 Å². The number of carboxylic acid groups (broad SMARTS) is 1. The Balaban J connectivity index is 2.85. The zero-order valence-corrected chi connectivity index (χ0v) is 10.2. The zero-order valence-electron chi connectivity index (χ0n) is 7.79. The summed E-state index contributed by atoms with van der Waals surface area (Å²) < 4.78 is 1.04. The van der Waals surface area contributed by atoms with Gasteiger partial charge in [-0.25, -0.2) is 0 Å². The molecule has 0 unspecified atom stereocenters. The Labute approximate surface area is 95.8 Å². The van der Waals surface area contributed by atoms with Crippen LogP contribution in [0.2, 0.25) is 0 Å². The van der Waals surface area contributed by atoms with Crippen LogP contribution in [-0.2, 0) is 11.2 Å². The van der Waals surface area contributed by atoms with Crippen LogP contribution < -0.4 is 0 Å². The van der Waals surface area contributed by atoms with Gasteiger partial charge >= 0.3 is 5.97 Å². The maximum absolute atomic E-state index is 10.4. The maximum atomic E-state index is 10.4. The van der Waals surface area contributed by atoms with Crippen LogP contribution >= 0.6 is 27.7 Å². The van der Waals surface area contributed by atoms with Gasteiger partial charge in [0.25, 0.3) is 0 Å². The molecule has 1 N–H and O–H groups in total. The van der Waals surface area contributed by atoms with E-state index in [1.54, 1.807) is 11.8 Å². The van der Waals surface area contributed by atoms with Crippen LogP contribution in [0.5, 0.6) is 0 Å². The largest absolute Gasteiger partial charge is 0.481 e. The molecule has 4 heteroatoms. The highest BCUT2D eigenvalue weighted by Crippen LogP contribution is 2.29. The predicted molar refractivity (Wildman–Crippen MR) is 61.9 cm³/mol. The number of halogens is 1. The second-order valence-electron chi connectivity index (χ2n) is 2.83. The first-order chi connectivity index (χ1) is 6.65. The Hall–Kier alpha value is -0.480. The van der Waals surface area contributed by atoms with Gasteiger partial charge in [-0.3, -0.25) is 4.79 Å². The minimum atomic E-state index is -0.753. The molecule has 0 heterocycles. The minimum absolute atomic E-state index is 0.185. The quantitative estimate of drug-likeness (QED) is 0.857. The molecule has 0 atom stereocenters. The Bertz CT molecular complexity index is 339. The molecule has 0 saturated heterocycles. The molecule has 0 aliphatic rings. The standard InChI is InChI=1S/C10H11BrO2S/c1-14-10-7(5-6-9(12)13)3-2-4-8(10)11/h2-4H,5-6H2,1H3,(H,12,13). The van der Waals surface area contributed by atoms with E-state index in [4.69, 9.17) is 5.11 Å². The summed E-state index contributed by atoms with van der Waals surface area (Å²) in [5.74, 6) is -0.753. The van der Waals surface area contributed by atoms with Crippen molar-refractivity contribution in [3.8, 4) is 0 Å². The fourth-order valence-corrected chi connectivity index (χ4v) is 2.81. The molecular weight excluding hydrogens is 264 g/mol. The lowest BCUT2D eigenvalue weighted by Gasteiger charge is -2.07. The Kier molecular flexibility index (Phi) is 4.48. The molecule has 1 aromatic carbocycles. The van der Waals surface area contributed by atoms with Gasteiger partial charge in [0.1, 0.15) is 0 Å². The number of rotatable bonds is 4. The van der Waals surface area contributed by atoms with Crippen LogP contribution in [0.3, 0.4) is 0 Å². The fourth-order valence-electron chi connectivity index (χ4n) is 1.22. The molecule has 0 bridgehead atoms. The lowest BCUT2D eigenvalue weighted by atomic mass is 10.1. The number of carbonyl (C=O) groups is 1. The highest BCUT2D eigenvalue weighted by Gasteiger charge is 2.06. The average molecular weight is 275 g/mol. The van der Waals surface area contributed by atoms with Crippen molar-refractivity contribution in [3.63, 3.8) is 0 Å². The molecule has 0 fully saturated rings. The Morgan fingerprint density at radius 2 is 2.29 bits per heavy atom. The van der Waals surface area contributed by atoms with E-state index in [0.717, 1.165) is 14.9 Å². The van der Waals surface area contributed by atoms with Gasteiger partial charge in [-0.1, -0.05) is 12.1 Å². The van der Waals surface area contributed by atoms with Gasteiger partial charge in [0.05, 0.1) is 0 Å². The summed E-state index contributed by atoms with van der Waals surface area (Å²) in [6, 6.07) is 5.87.